The summed E-state index contributed by atoms with van der Waals surface area (Å²) in [6.07, 6.45) is 1.27. The maximum absolute atomic E-state index is 12.2. The average Bonchev–Trinajstić information content (AvgIpc) is 2.59. The zero-order chi connectivity index (χ0) is 17.1. The minimum atomic E-state index is -0.466. The van der Waals surface area contributed by atoms with Gasteiger partial charge in [0.15, 0.2) is 0 Å². The predicted octanol–water partition coefficient (Wildman–Crippen LogP) is 0.563. The van der Waals surface area contributed by atoms with Crippen LogP contribution in [0, 0.1) is 0 Å². The fraction of sp³-hybridized carbons (Fsp3) is 0.133. The van der Waals surface area contributed by atoms with Crippen LogP contribution in [0.1, 0.15) is 10.4 Å². The SMILES string of the molecule is O=C(NCCn1nnc2ccccc2c1=O)c1c[nH]c(=O)c(Cl)c1. The van der Waals surface area contributed by atoms with Crippen LogP contribution in [0.4, 0.5) is 0 Å². The zero-order valence-electron chi connectivity index (χ0n) is 12.3. The van der Waals surface area contributed by atoms with Gasteiger partial charge in [-0.15, -0.1) is 5.10 Å². The highest BCUT2D eigenvalue weighted by Crippen LogP contribution is 2.04. The van der Waals surface area contributed by atoms with Gasteiger partial charge in [-0.2, -0.15) is 0 Å². The van der Waals surface area contributed by atoms with Gasteiger partial charge in [0.05, 0.1) is 17.5 Å². The number of aromatic amines is 1. The Kier molecular flexibility index (Phi) is 4.39. The lowest BCUT2D eigenvalue weighted by Gasteiger charge is -2.07. The molecule has 9 heteroatoms. The van der Waals surface area contributed by atoms with Crippen molar-refractivity contribution < 1.29 is 4.79 Å². The Bertz CT molecular complexity index is 1030. The molecule has 0 fully saturated rings. The van der Waals surface area contributed by atoms with Crippen LogP contribution in [0.3, 0.4) is 0 Å². The maximum Gasteiger partial charge on any atom is 0.277 e. The molecular weight excluding hydrogens is 334 g/mol. The minimum absolute atomic E-state index is 0.0701. The van der Waals surface area contributed by atoms with Crippen LogP contribution in [0.25, 0.3) is 10.9 Å². The van der Waals surface area contributed by atoms with Crippen molar-refractivity contribution in [3.63, 3.8) is 0 Å². The van der Waals surface area contributed by atoms with E-state index in [1.807, 2.05) is 0 Å². The van der Waals surface area contributed by atoms with Gasteiger partial charge in [-0.1, -0.05) is 28.9 Å². The van der Waals surface area contributed by atoms with E-state index < -0.39 is 11.5 Å². The normalized spacial score (nSPS) is 10.7. The number of nitrogens with one attached hydrogen (secondary N) is 2. The van der Waals surface area contributed by atoms with Crippen molar-refractivity contribution in [1.82, 2.24) is 25.3 Å². The topological polar surface area (TPSA) is 110 Å². The van der Waals surface area contributed by atoms with Crippen molar-refractivity contribution in [2.75, 3.05) is 6.54 Å². The Balaban J connectivity index is 1.69. The number of aromatic nitrogens is 4. The first-order chi connectivity index (χ1) is 11.6. The van der Waals surface area contributed by atoms with E-state index >= 15 is 0 Å². The van der Waals surface area contributed by atoms with E-state index in [0.29, 0.717) is 10.9 Å². The number of H-pyrrole nitrogens is 1. The highest BCUT2D eigenvalue weighted by Gasteiger charge is 2.09. The van der Waals surface area contributed by atoms with Crippen molar-refractivity contribution in [1.29, 1.82) is 0 Å². The highest BCUT2D eigenvalue weighted by atomic mass is 35.5. The van der Waals surface area contributed by atoms with Crippen LogP contribution in [0.15, 0.2) is 46.1 Å². The average molecular weight is 346 g/mol. The van der Waals surface area contributed by atoms with Gasteiger partial charge in [-0.05, 0) is 18.2 Å². The summed E-state index contributed by atoms with van der Waals surface area (Å²) >= 11 is 5.68. The fourth-order valence-corrected chi connectivity index (χ4v) is 2.31. The van der Waals surface area contributed by atoms with Gasteiger partial charge < -0.3 is 10.3 Å². The maximum atomic E-state index is 12.2. The van der Waals surface area contributed by atoms with Crippen molar-refractivity contribution in [3.8, 4) is 0 Å². The minimum Gasteiger partial charge on any atom is -0.350 e. The van der Waals surface area contributed by atoms with Crippen LogP contribution >= 0.6 is 11.6 Å². The summed E-state index contributed by atoms with van der Waals surface area (Å²) in [5.74, 6) is -0.421. The van der Waals surface area contributed by atoms with E-state index in [1.54, 1.807) is 24.3 Å². The van der Waals surface area contributed by atoms with E-state index in [0.717, 1.165) is 0 Å². The molecule has 2 aromatic heterocycles. The highest BCUT2D eigenvalue weighted by molar-refractivity contribution is 6.30. The van der Waals surface area contributed by atoms with E-state index in [2.05, 4.69) is 20.6 Å². The second-order valence-corrected chi connectivity index (χ2v) is 5.36. The second kappa shape index (κ2) is 6.63. The summed E-state index contributed by atoms with van der Waals surface area (Å²) < 4.78 is 1.18. The zero-order valence-corrected chi connectivity index (χ0v) is 13.1. The third kappa shape index (κ3) is 3.18. The monoisotopic (exact) mass is 345 g/mol. The first-order valence-corrected chi connectivity index (χ1v) is 7.43. The third-order valence-electron chi connectivity index (χ3n) is 3.36. The molecule has 3 rings (SSSR count). The number of benzene rings is 1. The van der Waals surface area contributed by atoms with Gasteiger partial charge in [0, 0.05) is 12.7 Å². The molecule has 1 amide bonds. The Morgan fingerprint density at radius 1 is 1.29 bits per heavy atom. The first kappa shape index (κ1) is 15.9. The largest absolute Gasteiger partial charge is 0.350 e. The van der Waals surface area contributed by atoms with Crippen molar-refractivity contribution in [3.05, 3.63) is 67.8 Å². The Morgan fingerprint density at radius 2 is 2.08 bits per heavy atom. The predicted molar refractivity (Wildman–Crippen MR) is 88.2 cm³/mol. The number of hydrogen-bond acceptors (Lipinski definition) is 5. The molecule has 0 atom stereocenters. The Hall–Kier alpha value is -3.00. The number of carbonyl (C=O) groups excluding carboxylic acids is 1. The molecule has 2 heterocycles. The molecule has 0 unspecified atom stereocenters. The number of halogens is 1. The van der Waals surface area contributed by atoms with Crippen LogP contribution in [-0.4, -0.2) is 32.4 Å². The molecule has 122 valence electrons. The van der Waals surface area contributed by atoms with Gasteiger partial charge in [0.2, 0.25) is 0 Å². The lowest BCUT2D eigenvalue weighted by Crippen LogP contribution is -2.32. The summed E-state index contributed by atoms with van der Waals surface area (Å²) in [5, 5.41) is 10.8. The molecule has 0 saturated heterocycles. The van der Waals surface area contributed by atoms with E-state index in [1.165, 1.54) is 16.9 Å². The summed E-state index contributed by atoms with van der Waals surface area (Å²) in [6, 6.07) is 8.17. The molecule has 0 aliphatic rings. The van der Waals surface area contributed by atoms with E-state index in [9.17, 15) is 14.4 Å². The summed E-state index contributed by atoms with van der Waals surface area (Å²) in [5.41, 5.74) is -0.00430. The molecule has 3 aromatic rings. The van der Waals surface area contributed by atoms with Gasteiger partial charge in [-0.3, -0.25) is 14.4 Å². The molecular formula is C15H12ClN5O3. The van der Waals surface area contributed by atoms with Gasteiger partial charge in [0.1, 0.15) is 10.5 Å². The number of amides is 1. The number of carbonyl (C=O) groups is 1. The first-order valence-electron chi connectivity index (χ1n) is 7.05. The van der Waals surface area contributed by atoms with Crippen LogP contribution in [-0.2, 0) is 6.54 Å². The van der Waals surface area contributed by atoms with E-state index in [-0.39, 0.29) is 29.2 Å². The quantitative estimate of drug-likeness (QED) is 0.718. The van der Waals surface area contributed by atoms with Crippen molar-refractivity contribution >= 4 is 28.4 Å². The summed E-state index contributed by atoms with van der Waals surface area (Å²) in [7, 11) is 0. The van der Waals surface area contributed by atoms with Crippen molar-refractivity contribution in [2.24, 2.45) is 0 Å². The smallest absolute Gasteiger partial charge is 0.277 e. The molecule has 0 bridgehead atoms. The molecule has 2 N–H and O–H groups in total. The van der Waals surface area contributed by atoms with Crippen LogP contribution in [0.5, 0.6) is 0 Å². The second-order valence-electron chi connectivity index (χ2n) is 4.96. The number of hydrogen-bond donors (Lipinski definition) is 2. The van der Waals surface area contributed by atoms with Gasteiger partial charge >= 0.3 is 0 Å². The molecule has 0 spiro atoms. The Labute approximate surface area is 140 Å². The van der Waals surface area contributed by atoms with E-state index in [4.69, 9.17) is 11.6 Å². The number of nitrogens with zero attached hydrogens (tertiary/aromatic N) is 3. The molecule has 8 nitrogen and oxygen atoms in total. The molecule has 24 heavy (non-hydrogen) atoms. The summed E-state index contributed by atoms with van der Waals surface area (Å²) in [6.45, 7) is 0.335. The molecule has 0 aliphatic heterocycles. The summed E-state index contributed by atoms with van der Waals surface area (Å²) in [4.78, 5) is 37.8. The third-order valence-corrected chi connectivity index (χ3v) is 3.64. The van der Waals surface area contributed by atoms with Crippen molar-refractivity contribution in [2.45, 2.75) is 6.54 Å². The van der Waals surface area contributed by atoms with Crippen LogP contribution < -0.4 is 16.4 Å². The fourth-order valence-electron chi connectivity index (χ4n) is 2.13. The van der Waals surface area contributed by atoms with Crippen LogP contribution in [0.2, 0.25) is 5.02 Å². The molecule has 1 aromatic carbocycles. The molecule has 0 aliphatic carbocycles. The van der Waals surface area contributed by atoms with Gasteiger partial charge in [-0.25, -0.2) is 4.68 Å². The molecule has 0 saturated carbocycles. The Morgan fingerprint density at radius 3 is 2.88 bits per heavy atom. The van der Waals surface area contributed by atoms with Gasteiger partial charge in [0.25, 0.3) is 17.0 Å². The lowest BCUT2D eigenvalue weighted by atomic mass is 10.2. The number of fused-ring (bicyclic) bond motifs is 1. The molecule has 0 radical (unpaired) electrons. The number of rotatable bonds is 4. The standard InChI is InChI=1S/C15H12ClN5O3/c16-11-7-9(8-18-14(11)23)13(22)17-5-6-21-15(24)10-3-1-2-4-12(10)19-20-21/h1-4,7-8H,5-6H2,(H,17,22)(H,18,23). The lowest BCUT2D eigenvalue weighted by molar-refractivity contribution is 0.0951. The number of pyridine rings is 1.